The molecule has 1 aliphatic rings. The first kappa shape index (κ1) is 13.0. The van der Waals surface area contributed by atoms with Crippen molar-refractivity contribution in [3.63, 3.8) is 0 Å². The summed E-state index contributed by atoms with van der Waals surface area (Å²) in [6.45, 7) is 6.50. The lowest BCUT2D eigenvalue weighted by atomic mass is 9.84. The van der Waals surface area contributed by atoms with E-state index in [1.165, 1.54) is 36.0 Å². The van der Waals surface area contributed by atoms with Crippen LogP contribution < -0.4 is 5.32 Å². The molecule has 0 atom stereocenters. The minimum atomic E-state index is 0.541. The number of aryl methyl sites for hydroxylation is 2. The Balaban J connectivity index is 1.85. The van der Waals surface area contributed by atoms with Gasteiger partial charge in [-0.3, -0.25) is 0 Å². The Morgan fingerprint density at radius 2 is 1.82 bits per heavy atom. The molecule has 2 heteroatoms. The predicted octanol–water partition coefficient (Wildman–Crippen LogP) is 3.68. The highest BCUT2D eigenvalue weighted by Gasteiger charge is 2.35. The minimum Gasteiger partial charge on any atom is -0.311 e. The van der Waals surface area contributed by atoms with Crippen molar-refractivity contribution in [1.82, 2.24) is 5.32 Å². The SMILES string of the molecule is CSC1(CNCc2cc(C)cc(C)c2)CCC1. The summed E-state index contributed by atoms with van der Waals surface area (Å²) in [6, 6.07) is 6.80. The van der Waals surface area contributed by atoms with E-state index in [4.69, 9.17) is 0 Å². The van der Waals surface area contributed by atoms with E-state index in [2.05, 4.69) is 43.6 Å². The maximum absolute atomic E-state index is 3.63. The molecule has 17 heavy (non-hydrogen) atoms. The Labute approximate surface area is 109 Å². The lowest BCUT2D eigenvalue weighted by molar-refractivity contribution is 0.345. The molecule has 2 rings (SSSR count). The highest BCUT2D eigenvalue weighted by molar-refractivity contribution is 8.00. The van der Waals surface area contributed by atoms with Crippen LogP contribution in [0.5, 0.6) is 0 Å². The van der Waals surface area contributed by atoms with Gasteiger partial charge in [-0.2, -0.15) is 11.8 Å². The number of rotatable bonds is 5. The van der Waals surface area contributed by atoms with Crippen LogP contribution in [-0.4, -0.2) is 17.5 Å². The standard InChI is InChI=1S/C15H23NS/c1-12-7-13(2)9-14(8-12)10-16-11-15(17-3)5-4-6-15/h7-9,16H,4-6,10-11H2,1-3H3. The van der Waals surface area contributed by atoms with Gasteiger partial charge in [0.05, 0.1) is 0 Å². The number of nitrogens with one attached hydrogen (secondary N) is 1. The van der Waals surface area contributed by atoms with E-state index in [0.29, 0.717) is 4.75 Å². The third-order valence-electron chi connectivity index (χ3n) is 3.76. The van der Waals surface area contributed by atoms with E-state index in [1.54, 1.807) is 0 Å². The minimum absolute atomic E-state index is 0.541. The van der Waals surface area contributed by atoms with Crippen LogP contribution in [0.15, 0.2) is 18.2 Å². The Kier molecular flexibility index (Phi) is 4.16. The third-order valence-corrected chi connectivity index (χ3v) is 5.17. The number of hydrogen-bond acceptors (Lipinski definition) is 2. The number of hydrogen-bond donors (Lipinski definition) is 1. The molecule has 1 aliphatic carbocycles. The average molecular weight is 249 g/mol. The zero-order chi connectivity index (χ0) is 12.3. The van der Waals surface area contributed by atoms with Crippen molar-refractivity contribution >= 4 is 11.8 Å². The highest BCUT2D eigenvalue weighted by atomic mass is 32.2. The molecule has 0 heterocycles. The zero-order valence-electron chi connectivity index (χ0n) is 11.2. The first-order chi connectivity index (χ1) is 8.13. The summed E-state index contributed by atoms with van der Waals surface area (Å²) >= 11 is 2.04. The fraction of sp³-hybridized carbons (Fsp3) is 0.600. The molecular weight excluding hydrogens is 226 g/mol. The summed E-state index contributed by atoms with van der Waals surface area (Å²) in [7, 11) is 0. The first-order valence-corrected chi connectivity index (χ1v) is 7.69. The van der Waals surface area contributed by atoms with Gasteiger partial charge in [0.2, 0.25) is 0 Å². The van der Waals surface area contributed by atoms with E-state index >= 15 is 0 Å². The van der Waals surface area contributed by atoms with Crippen LogP contribution in [0.3, 0.4) is 0 Å². The van der Waals surface area contributed by atoms with Crippen molar-refractivity contribution in [3.05, 3.63) is 34.9 Å². The molecule has 1 saturated carbocycles. The smallest absolute Gasteiger partial charge is 0.0281 e. The van der Waals surface area contributed by atoms with Crippen molar-refractivity contribution in [3.8, 4) is 0 Å². The molecule has 0 spiro atoms. The molecule has 1 aromatic rings. The zero-order valence-corrected chi connectivity index (χ0v) is 12.0. The van der Waals surface area contributed by atoms with Gasteiger partial charge in [-0.05, 0) is 38.5 Å². The van der Waals surface area contributed by atoms with Crippen molar-refractivity contribution in [2.45, 2.75) is 44.4 Å². The maximum Gasteiger partial charge on any atom is 0.0281 e. The fourth-order valence-corrected chi connectivity index (χ4v) is 3.57. The molecule has 0 radical (unpaired) electrons. The predicted molar refractivity (Wildman–Crippen MR) is 77.7 cm³/mol. The Hall–Kier alpha value is -0.470. The molecule has 1 fully saturated rings. The van der Waals surface area contributed by atoms with Gasteiger partial charge >= 0.3 is 0 Å². The van der Waals surface area contributed by atoms with Gasteiger partial charge in [0.25, 0.3) is 0 Å². The summed E-state index contributed by atoms with van der Waals surface area (Å²) in [5, 5.41) is 3.63. The molecule has 1 N–H and O–H groups in total. The molecule has 94 valence electrons. The topological polar surface area (TPSA) is 12.0 Å². The molecule has 0 aliphatic heterocycles. The quantitative estimate of drug-likeness (QED) is 0.854. The van der Waals surface area contributed by atoms with Crippen LogP contribution >= 0.6 is 11.8 Å². The Morgan fingerprint density at radius 3 is 2.29 bits per heavy atom. The van der Waals surface area contributed by atoms with Gasteiger partial charge in [-0.15, -0.1) is 0 Å². The highest BCUT2D eigenvalue weighted by Crippen LogP contribution is 2.42. The summed E-state index contributed by atoms with van der Waals surface area (Å²) in [5.41, 5.74) is 4.15. The molecule has 0 aromatic heterocycles. The van der Waals surface area contributed by atoms with Crippen molar-refractivity contribution in [2.24, 2.45) is 0 Å². The summed E-state index contributed by atoms with van der Waals surface area (Å²) in [6.07, 6.45) is 6.42. The van der Waals surface area contributed by atoms with Crippen LogP contribution in [0.4, 0.5) is 0 Å². The van der Waals surface area contributed by atoms with Gasteiger partial charge in [0.15, 0.2) is 0 Å². The third kappa shape index (κ3) is 3.26. The molecule has 1 aromatic carbocycles. The monoisotopic (exact) mass is 249 g/mol. The van der Waals surface area contributed by atoms with E-state index in [-0.39, 0.29) is 0 Å². The normalized spacial score (nSPS) is 17.8. The second-order valence-corrected chi connectivity index (χ2v) is 6.61. The van der Waals surface area contributed by atoms with Gasteiger partial charge in [0, 0.05) is 17.8 Å². The van der Waals surface area contributed by atoms with Crippen molar-refractivity contribution in [2.75, 3.05) is 12.8 Å². The van der Waals surface area contributed by atoms with Crippen LogP contribution in [0.2, 0.25) is 0 Å². The van der Waals surface area contributed by atoms with E-state index in [0.717, 1.165) is 13.1 Å². The molecule has 1 nitrogen and oxygen atoms in total. The van der Waals surface area contributed by atoms with Crippen LogP contribution in [0.1, 0.15) is 36.0 Å². The lowest BCUT2D eigenvalue weighted by Crippen LogP contribution is -2.43. The maximum atomic E-state index is 3.63. The van der Waals surface area contributed by atoms with Gasteiger partial charge in [0.1, 0.15) is 0 Å². The summed E-state index contributed by atoms with van der Waals surface area (Å²) < 4.78 is 0.541. The Morgan fingerprint density at radius 1 is 1.18 bits per heavy atom. The van der Waals surface area contributed by atoms with Crippen molar-refractivity contribution < 1.29 is 0 Å². The molecule has 0 amide bonds. The van der Waals surface area contributed by atoms with Gasteiger partial charge < -0.3 is 5.32 Å². The number of benzene rings is 1. The van der Waals surface area contributed by atoms with Gasteiger partial charge in [-0.1, -0.05) is 35.7 Å². The van der Waals surface area contributed by atoms with E-state index in [1.807, 2.05) is 11.8 Å². The first-order valence-electron chi connectivity index (χ1n) is 6.47. The Bertz CT molecular complexity index is 357. The molecule has 0 unspecified atom stereocenters. The largest absolute Gasteiger partial charge is 0.311 e. The van der Waals surface area contributed by atoms with E-state index in [9.17, 15) is 0 Å². The molecule has 0 saturated heterocycles. The number of thioether (sulfide) groups is 1. The van der Waals surface area contributed by atoms with E-state index < -0.39 is 0 Å². The second kappa shape index (κ2) is 5.45. The van der Waals surface area contributed by atoms with Crippen LogP contribution in [0, 0.1) is 13.8 Å². The molecular formula is C15H23NS. The van der Waals surface area contributed by atoms with Crippen LogP contribution in [0.25, 0.3) is 0 Å². The second-order valence-electron chi connectivity index (χ2n) is 5.34. The average Bonchev–Trinajstić information content (AvgIpc) is 2.20. The molecule has 0 bridgehead atoms. The summed E-state index contributed by atoms with van der Waals surface area (Å²) in [4.78, 5) is 0. The van der Waals surface area contributed by atoms with Crippen LogP contribution in [-0.2, 0) is 6.54 Å². The fourth-order valence-electron chi connectivity index (χ4n) is 2.63. The summed E-state index contributed by atoms with van der Waals surface area (Å²) in [5.74, 6) is 0. The van der Waals surface area contributed by atoms with Gasteiger partial charge in [-0.25, -0.2) is 0 Å². The lowest BCUT2D eigenvalue weighted by Gasteiger charge is -2.40. The van der Waals surface area contributed by atoms with Crippen molar-refractivity contribution in [1.29, 1.82) is 0 Å².